The maximum Gasteiger partial charge on any atom is 0.270 e. The van der Waals surface area contributed by atoms with Gasteiger partial charge in [0, 0.05) is 30.9 Å². The van der Waals surface area contributed by atoms with Crippen molar-refractivity contribution in [3.63, 3.8) is 0 Å². The van der Waals surface area contributed by atoms with Gasteiger partial charge >= 0.3 is 0 Å². The van der Waals surface area contributed by atoms with Gasteiger partial charge in [0.2, 0.25) is 0 Å². The highest BCUT2D eigenvalue weighted by atomic mass is 32.1. The molecule has 0 aliphatic rings. The van der Waals surface area contributed by atoms with E-state index in [1.54, 1.807) is 26.4 Å². The Hall–Kier alpha value is -4.53. The molecule has 4 aromatic carbocycles. The molecule has 0 saturated carbocycles. The van der Waals surface area contributed by atoms with Gasteiger partial charge in [-0.25, -0.2) is 9.37 Å². The minimum absolute atomic E-state index is 0.173. The van der Waals surface area contributed by atoms with Crippen molar-refractivity contribution in [2.24, 2.45) is 0 Å². The molecule has 0 radical (unpaired) electrons. The Morgan fingerprint density at radius 3 is 2.13 bits per heavy atom. The average molecular weight is 624 g/mol. The Morgan fingerprint density at radius 1 is 0.844 bits per heavy atom. The summed E-state index contributed by atoms with van der Waals surface area (Å²) in [6.07, 6.45) is 1.54. The Morgan fingerprint density at radius 2 is 1.49 bits per heavy atom. The molecular formula is C37H38FN3O3S. The van der Waals surface area contributed by atoms with Crippen LogP contribution in [0.25, 0.3) is 0 Å². The highest BCUT2D eigenvalue weighted by molar-refractivity contribution is 7.09. The summed E-state index contributed by atoms with van der Waals surface area (Å²) >= 11 is 1.48. The van der Waals surface area contributed by atoms with Gasteiger partial charge in [0.15, 0.2) is 11.5 Å². The van der Waals surface area contributed by atoms with Crippen LogP contribution in [0.1, 0.15) is 50.1 Å². The van der Waals surface area contributed by atoms with Crippen molar-refractivity contribution in [1.29, 1.82) is 0 Å². The van der Waals surface area contributed by atoms with Gasteiger partial charge in [-0.1, -0.05) is 78.9 Å². The van der Waals surface area contributed by atoms with E-state index in [4.69, 9.17) is 14.5 Å². The number of hydrogen-bond donors (Lipinski definition) is 1. The summed E-state index contributed by atoms with van der Waals surface area (Å²) in [5.74, 6) is 1.13. The fourth-order valence-corrected chi connectivity index (χ4v) is 6.20. The summed E-state index contributed by atoms with van der Waals surface area (Å²) in [7, 11) is 3.25. The number of aromatic nitrogens is 1. The van der Waals surface area contributed by atoms with Crippen molar-refractivity contribution in [3.8, 4) is 11.5 Å². The highest BCUT2D eigenvalue weighted by Crippen LogP contribution is 2.29. The van der Waals surface area contributed by atoms with E-state index < -0.39 is 0 Å². The largest absolute Gasteiger partial charge is 0.493 e. The lowest BCUT2D eigenvalue weighted by Crippen LogP contribution is -2.27. The summed E-state index contributed by atoms with van der Waals surface area (Å²) in [6.45, 7) is 2.44. The highest BCUT2D eigenvalue weighted by Gasteiger charge is 2.17. The van der Waals surface area contributed by atoms with Crippen molar-refractivity contribution in [3.05, 3.63) is 147 Å². The number of benzene rings is 4. The molecule has 45 heavy (non-hydrogen) atoms. The molecule has 232 valence electrons. The smallest absolute Gasteiger partial charge is 0.270 e. The first-order valence-electron chi connectivity index (χ1n) is 15.0. The third-order valence-corrected chi connectivity index (χ3v) is 8.58. The molecule has 0 fully saturated rings. The first-order chi connectivity index (χ1) is 22.0. The molecule has 0 aliphatic heterocycles. The van der Waals surface area contributed by atoms with Gasteiger partial charge < -0.3 is 14.8 Å². The van der Waals surface area contributed by atoms with Crippen molar-refractivity contribution in [1.82, 2.24) is 15.2 Å². The minimum Gasteiger partial charge on any atom is -0.493 e. The van der Waals surface area contributed by atoms with Gasteiger partial charge in [-0.15, -0.1) is 11.3 Å². The minimum atomic E-state index is -0.259. The van der Waals surface area contributed by atoms with Crippen molar-refractivity contribution >= 4 is 17.2 Å². The monoisotopic (exact) mass is 623 g/mol. The van der Waals surface area contributed by atoms with Crippen LogP contribution in [-0.4, -0.2) is 43.1 Å². The van der Waals surface area contributed by atoms with Gasteiger partial charge in [0.05, 0.1) is 20.8 Å². The summed E-state index contributed by atoms with van der Waals surface area (Å²) in [6, 6.07) is 33.3. The van der Waals surface area contributed by atoms with Crippen LogP contribution < -0.4 is 14.8 Å². The lowest BCUT2D eigenvalue weighted by Gasteiger charge is -2.22. The van der Waals surface area contributed by atoms with Gasteiger partial charge in [-0.2, -0.15) is 0 Å². The molecule has 1 amide bonds. The van der Waals surface area contributed by atoms with Crippen LogP contribution >= 0.6 is 11.3 Å². The molecule has 1 N–H and O–H groups in total. The Kier molecular flexibility index (Phi) is 11.3. The zero-order valence-electron chi connectivity index (χ0n) is 25.6. The number of carbonyl (C=O) groups excluding carboxylic acids is 1. The van der Waals surface area contributed by atoms with Crippen LogP contribution in [0.5, 0.6) is 11.5 Å². The van der Waals surface area contributed by atoms with E-state index in [1.807, 2.05) is 60.0 Å². The third kappa shape index (κ3) is 9.00. The second kappa shape index (κ2) is 16.0. The summed E-state index contributed by atoms with van der Waals surface area (Å²) in [5.41, 5.74) is 4.99. The first-order valence-corrected chi connectivity index (χ1v) is 15.9. The van der Waals surface area contributed by atoms with Crippen LogP contribution in [0.2, 0.25) is 0 Å². The fourth-order valence-electron chi connectivity index (χ4n) is 5.38. The third-order valence-electron chi connectivity index (χ3n) is 7.75. The number of amides is 1. The maximum absolute atomic E-state index is 13.6. The Labute approximate surface area is 268 Å². The van der Waals surface area contributed by atoms with Gasteiger partial charge in [-0.05, 0) is 59.4 Å². The molecule has 0 spiro atoms. The molecule has 5 aromatic rings. The summed E-state index contributed by atoms with van der Waals surface area (Å²) < 4.78 is 24.4. The predicted molar refractivity (Wildman–Crippen MR) is 178 cm³/mol. The summed E-state index contributed by atoms with van der Waals surface area (Å²) in [5, 5.41) is 5.75. The maximum atomic E-state index is 13.6. The van der Waals surface area contributed by atoms with Gasteiger partial charge in [0.25, 0.3) is 5.91 Å². The molecule has 1 heterocycles. The van der Waals surface area contributed by atoms with Crippen molar-refractivity contribution in [2.45, 2.75) is 31.8 Å². The van der Waals surface area contributed by atoms with E-state index in [0.717, 1.165) is 35.5 Å². The van der Waals surface area contributed by atoms with E-state index in [9.17, 15) is 9.18 Å². The van der Waals surface area contributed by atoms with Crippen LogP contribution in [0.3, 0.4) is 0 Å². The lowest BCUT2D eigenvalue weighted by atomic mass is 9.88. The van der Waals surface area contributed by atoms with Crippen LogP contribution in [-0.2, 0) is 19.5 Å². The standard InChI is InChI=1S/C37H38FN3O3S/c1-43-34-18-15-27(23-35(34)44-2)20-22-41(24-28-13-16-31(38)17-14-28)25-36-40-33(26-45-36)37(42)39-21-19-32(29-9-5-3-6-10-29)30-11-7-4-8-12-30/h3-18,23,26,32H,19-22,24-25H2,1-2H3,(H,39,42). The zero-order chi connectivity index (χ0) is 31.4. The molecule has 0 saturated heterocycles. The second-order valence-electron chi connectivity index (χ2n) is 10.8. The SMILES string of the molecule is COc1ccc(CCN(Cc2ccc(F)cc2)Cc2nc(C(=O)NCCC(c3ccccc3)c3ccccc3)cs2)cc1OC. The van der Waals surface area contributed by atoms with Crippen molar-refractivity contribution in [2.75, 3.05) is 27.3 Å². The van der Waals surface area contributed by atoms with Crippen LogP contribution in [0.4, 0.5) is 4.39 Å². The number of nitrogens with one attached hydrogen (secondary N) is 1. The molecule has 0 unspecified atom stereocenters. The van der Waals surface area contributed by atoms with Gasteiger partial charge in [-0.3, -0.25) is 9.69 Å². The van der Waals surface area contributed by atoms with Crippen molar-refractivity contribution < 1.29 is 18.7 Å². The van der Waals surface area contributed by atoms with E-state index in [1.165, 1.54) is 34.6 Å². The first kappa shape index (κ1) is 31.9. The Bertz CT molecular complexity index is 1610. The van der Waals surface area contributed by atoms with Crippen LogP contribution in [0, 0.1) is 5.82 Å². The average Bonchev–Trinajstić information content (AvgIpc) is 3.56. The quantitative estimate of drug-likeness (QED) is 0.131. The topological polar surface area (TPSA) is 63.7 Å². The van der Waals surface area contributed by atoms with Gasteiger partial charge in [0.1, 0.15) is 16.5 Å². The lowest BCUT2D eigenvalue weighted by molar-refractivity contribution is 0.0948. The Balaban J connectivity index is 1.22. The number of carbonyl (C=O) groups is 1. The number of nitrogens with zero attached hydrogens (tertiary/aromatic N) is 2. The van der Waals surface area contributed by atoms with Crippen LogP contribution in [0.15, 0.2) is 109 Å². The molecule has 5 rings (SSSR count). The molecule has 0 atom stereocenters. The van der Waals surface area contributed by atoms with E-state index in [0.29, 0.717) is 36.8 Å². The zero-order valence-corrected chi connectivity index (χ0v) is 26.4. The number of thiazole rings is 1. The molecular weight excluding hydrogens is 585 g/mol. The normalized spacial score (nSPS) is 11.1. The van der Waals surface area contributed by atoms with E-state index in [-0.39, 0.29) is 17.6 Å². The molecule has 0 bridgehead atoms. The summed E-state index contributed by atoms with van der Waals surface area (Å²) in [4.78, 5) is 20.1. The van der Waals surface area contributed by atoms with E-state index >= 15 is 0 Å². The predicted octanol–water partition coefficient (Wildman–Crippen LogP) is 7.50. The number of ether oxygens (including phenoxy) is 2. The molecule has 6 nitrogen and oxygen atoms in total. The van der Waals surface area contributed by atoms with E-state index in [2.05, 4.69) is 34.5 Å². The second-order valence-corrected chi connectivity index (χ2v) is 11.8. The number of rotatable bonds is 15. The molecule has 0 aliphatic carbocycles. The molecule has 8 heteroatoms. The molecule has 1 aromatic heterocycles. The number of hydrogen-bond acceptors (Lipinski definition) is 6. The number of methoxy groups -OCH3 is 2. The fraction of sp³-hybridized carbons (Fsp3) is 0.243. The number of halogens is 1.